The van der Waals surface area contributed by atoms with E-state index >= 15 is 0 Å². The SMILES string of the molecule is C=C/C=C\C=C\CO.CNC(=O)C1=NC(C)CC=C1. The van der Waals surface area contributed by atoms with Gasteiger partial charge in [-0.1, -0.05) is 43.0 Å². The number of dihydropyridines is 1. The molecule has 0 spiro atoms. The Labute approximate surface area is 114 Å². The minimum absolute atomic E-state index is 0.0987. The van der Waals surface area contributed by atoms with Gasteiger partial charge in [-0.05, 0) is 19.4 Å². The summed E-state index contributed by atoms with van der Waals surface area (Å²) in [5.41, 5.74) is 0.534. The molecule has 0 aromatic carbocycles. The number of nitrogens with zero attached hydrogens (tertiary/aromatic N) is 1. The van der Waals surface area contributed by atoms with E-state index < -0.39 is 0 Å². The van der Waals surface area contributed by atoms with Crippen LogP contribution in [0.4, 0.5) is 0 Å². The Morgan fingerprint density at radius 3 is 2.84 bits per heavy atom. The van der Waals surface area contributed by atoms with Crippen LogP contribution in [0.2, 0.25) is 0 Å². The van der Waals surface area contributed by atoms with Crippen molar-refractivity contribution in [3.63, 3.8) is 0 Å². The van der Waals surface area contributed by atoms with Gasteiger partial charge in [0.15, 0.2) is 0 Å². The number of aliphatic hydroxyl groups is 1. The number of hydrogen-bond donors (Lipinski definition) is 2. The minimum atomic E-state index is -0.104. The van der Waals surface area contributed by atoms with Gasteiger partial charge in [0.1, 0.15) is 5.71 Å². The predicted molar refractivity (Wildman–Crippen MR) is 80.3 cm³/mol. The third kappa shape index (κ3) is 8.74. The van der Waals surface area contributed by atoms with E-state index in [1.807, 2.05) is 19.1 Å². The summed E-state index contributed by atoms with van der Waals surface area (Å²) in [7, 11) is 1.61. The Hall–Kier alpha value is -1.94. The maximum Gasteiger partial charge on any atom is 0.269 e. The first-order valence-corrected chi connectivity index (χ1v) is 6.17. The van der Waals surface area contributed by atoms with Crippen LogP contribution in [0.5, 0.6) is 0 Å². The standard InChI is InChI=1S/C8H12N2O.C7H10O/c1-6-4-3-5-7(10-6)8(11)9-2;1-2-3-4-5-6-7-8/h3,5-6H,4H2,1-2H3,(H,9,11);2-6,8H,1,7H2/b;4-3-,6-5+. The summed E-state index contributed by atoms with van der Waals surface area (Å²) in [5.74, 6) is -0.104. The van der Waals surface area contributed by atoms with Gasteiger partial charge in [0.2, 0.25) is 0 Å². The first-order chi connectivity index (χ1) is 9.15. The number of amides is 1. The number of hydrogen-bond acceptors (Lipinski definition) is 3. The number of allylic oxidation sites excluding steroid dienone is 4. The summed E-state index contributed by atoms with van der Waals surface area (Å²) in [6.45, 7) is 5.57. The Bertz CT molecular complexity index is 393. The fourth-order valence-electron chi connectivity index (χ4n) is 1.25. The van der Waals surface area contributed by atoms with Crippen molar-refractivity contribution in [3.05, 3.63) is 49.1 Å². The van der Waals surface area contributed by atoms with Gasteiger partial charge in [-0.15, -0.1) is 0 Å². The van der Waals surface area contributed by atoms with Crippen molar-refractivity contribution in [3.8, 4) is 0 Å². The number of aliphatic hydroxyl groups excluding tert-OH is 1. The molecule has 4 nitrogen and oxygen atoms in total. The molecule has 1 atom stereocenters. The molecule has 0 saturated heterocycles. The summed E-state index contributed by atoms with van der Waals surface area (Å²) in [6.07, 6.45) is 13.4. The van der Waals surface area contributed by atoms with E-state index in [-0.39, 0.29) is 18.6 Å². The maximum atomic E-state index is 11.0. The third-order valence-corrected chi connectivity index (χ3v) is 2.17. The predicted octanol–water partition coefficient (Wildman–Crippen LogP) is 1.80. The monoisotopic (exact) mass is 262 g/mol. The molecule has 1 amide bonds. The van der Waals surface area contributed by atoms with Crippen LogP contribution in [0.25, 0.3) is 0 Å². The molecular formula is C15H22N2O2. The second kappa shape index (κ2) is 11.2. The Morgan fingerprint density at radius 2 is 2.32 bits per heavy atom. The highest BCUT2D eigenvalue weighted by atomic mass is 16.2. The molecule has 1 rings (SSSR count). The molecule has 19 heavy (non-hydrogen) atoms. The van der Waals surface area contributed by atoms with Crippen molar-refractivity contribution in [1.29, 1.82) is 0 Å². The molecule has 1 heterocycles. The number of rotatable bonds is 4. The van der Waals surface area contributed by atoms with E-state index in [9.17, 15) is 4.79 Å². The van der Waals surface area contributed by atoms with Crippen molar-refractivity contribution in [2.45, 2.75) is 19.4 Å². The van der Waals surface area contributed by atoms with Gasteiger partial charge in [-0.3, -0.25) is 9.79 Å². The number of carbonyl (C=O) groups excluding carboxylic acids is 1. The highest BCUT2D eigenvalue weighted by Crippen LogP contribution is 2.05. The minimum Gasteiger partial charge on any atom is -0.392 e. The molecule has 1 aliphatic heterocycles. The van der Waals surface area contributed by atoms with E-state index in [2.05, 4.69) is 16.9 Å². The topological polar surface area (TPSA) is 61.7 Å². The Balaban J connectivity index is 0.000000362. The van der Waals surface area contributed by atoms with Gasteiger partial charge in [-0.2, -0.15) is 0 Å². The van der Waals surface area contributed by atoms with Crippen molar-refractivity contribution >= 4 is 11.6 Å². The zero-order valence-electron chi connectivity index (χ0n) is 11.5. The highest BCUT2D eigenvalue weighted by Gasteiger charge is 2.10. The van der Waals surface area contributed by atoms with Crippen LogP contribution < -0.4 is 5.32 Å². The molecule has 1 aliphatic rings. The van der Waals surface area contributed by atoms with Gasteiger partial charge in [0.25, 0.3) is 5.91 Å². The highest BCUT2D eigenvalue weighted by molar-refractivity contribution is 6.43. The molecule has 0 radical (unpaired) electrons. The van der Waals surface area contributed by atoms with Crippen molar-refractivity contribution in [2.75, 3.05) is 13.7 Å². The molecule has 0 aromatic heterocycles. The largest absolute Gasteiger partial charge is 0.392 e. The van der Waals surface area contributed by atoms with Gasteiger partial charge in [-0.25, -0.2) is 0 Å². The lowest BCUT2D eigenvalue weighted by molar-refractivity contribution is -0.114. The molecule has 2 N–H and O–H groups in total. The van der Waals surface area contributed by atoms with Crippen LogP contribution in [-0.4, -0.2) is 36.4 Å². The lowest BCUT2D eigenvalue weighted by atomic mass is 10.1. The van der Waals surface area contributed by atoms with Gasteiger partial charge in [0, 0.05) is 7.05 Å². The smallest absolute Gasteiger partial charge is 0.269 e. The lowest BCUT2D eigenvalue weighted by Gasteiger charge is -2.09. The number of carbonyl (C=O) groups is 1. The molecule has 0 fully saturated rings. The van der Waals surface area contributed by atoms with Crippen LogP contribution >= 0.6 is 0 Å². The first kappa shape index (κ1) is 17.1. The van der Waals surface area contributed by atoms with Gasteiger partial charge >= 0.3 is 0 Å². The van der Waals surface area contributed by atoms with Crippen LogP contribution in [0.1, 0.15) is 13.3 Å². The van der Waals surface area contributed by atoms with Gasteiger partial charge in [0.05, 0.1) is 12.6 Å². The normalized spacial score (nSPS) is 17.8. The molecule has 1 unspecified atom stereocenters. The van der Waals surface area contributed by atoms with Crippen LogP contribution in [-0.2, 0) is 4.79 Å². The fourth-order valence-corrected chi connectivity index (χ4v) is 1.25. The molecule has 104 valence electrons. The number of nitrogens with one attached hydrogen (secondary N) is 1. The van der Waals surface area contributed by atoms with Crippen molar-refractivity contribution in [2.24, 2.45) is 4.99 Å². The fraction of sp³-hybridized carbons (Fsp3) is 0.333. The van der Waals surface area contributed by atoms with E-state index in [0.29, 0.717) is 5.71 Å². The molecule has 0 bridgehead atoms. The quantitative estimate of drug-likeness (QED) is 0.759. The first-order valence-electron chi connectivity index (χ1n) is 6.17. The molecular weight excluding hydrogens is 240 g/mol. The second-order valence-corrected chi connectivity index (χ2v) is 3.81. The van der Waals surface area contributed by atoms with Crippen LogP contribution in [0.3, 0.4) is 0 Å². The summed E-state index contributed by atoms with van der Waals surface area (Å²) in [4.78, 5) is 15.2. The van der Waals surface area contributed by atoms with E-state index in [1.165, 1.54) is 0 Å². The van der Waals surface area contributed by atoms with E-state index in [0.717, 1.165) is 6.42 Å². The zero-order chi connectivity index (χ0) is 14.5. The summed E-state index contributed by atoms with van der Waals surface area (Å²) < 4.78 is 0. The maximum absolute atomic E-state index is 11.0. The molecule has 4 heteroatoms. The van der Waals surface area contributed by atoms with E-state index in [4.69, 9.17) is 5.11 Å². The molecule has 0 aliphatic carbocycles. The lowest BCUT2D eigenvalue weighted by Crippen LogP contribution is -2.28. The third-order valence-electron chi connectivity index (χ3n) is 2.17. The summed E-state index contributed by atoms with van der Waals surface area (Å²) in [5, 5.41) is 10.8. The molecule has 0 aromatic rings. The summed E-state index contributed by atoms with van der Waals surface area (Å²) in [6, 6.07) is 0.243. The zero-order valence-corrected chi connectivity index (χ0v) is 11.5. The van der Waals surface area contributed by atoms with Crippen molar-refractivity contribution in [1.82, 2.24) is 5.32 Å². The average Bonchev–Trinajstić information content (AvgIpc) is 2.43. The average molecular weight is 262 g/mol. The summed E-state index contributed by atoms with van der Waals surface area (Å²) >= 11 is 0. The second-order valence-electron chi connectivity index (χ2n) is 3.81. The van der Waals surface area contributed by atoms with Crippen LogP contribution in [0.15, 0.2) is 54.1 Å². The Kier molecular flexibility index (Phi) is 10.0. The Morgan fingerprint density at radius 1 is 1.58 bits per heavy atom. The molecule has 0 saturated carbocycles. The van der Waals surface area contributed by atoms with Crippen molar-refractivity contribution < 1.29 is 9.90 Å². The number of aliphatic imine (C=N–C) groups is 1. The van der Waals surface area contributed by atoms with Gasteiger partial charge < -0.3 is 10.4 Å². The van der Waals surface area contributed by atoms with E-state index in [1.54, 1.807) is 37.4 Å². The van der Waals surface area contributed by atoms with Crippen LogP contribution in [0, 0.1) is 0 Å².